The van der Waals surface area contributed by atoms with Gasteiger partial charge in [0, 0.05) is 24.6 Å². The molecule has 96 valence electrons. The molecule has 0 heterocycles. The zero-order valence-electron chi connectivity index (χ0n) is 9.99. The summed E-state index contributed by atoms with van der Waals surface area (Å²) in [6.07, 6.45) is 7.65. The lowest BCUT2D eigenvalue weighted by Crippen LogP contribution is -2.15. The van der Waals surface area contributed by atoms with Gasteiger partial charge in [-0.3, -0.25) is 10.1 Å². The molecule has 1 aromatic carbocycles. The molecule has 0 bridgehead atoms. The smallest absolute Gasteiger partial charge is 0.274 e. The number of nitrogens with zero attached hydrogens (tertiary/aromatic N) is 1. The molecular weight excluding hydrogens is 235 g/mol. The molecule has 1 N–H and O–H groups in total. The fourth-order valence-corrected chi connectivity index (χ4v) is 1.57. The van der Waals surface area contributed by atoms with Crippen LogP contribution in [0.3, 0.4) is 0 Å². The molecule has 0 saturated carbocycles. The van der Waals surface area contributed by atoms with Crippen LogP contribution in [0.5, 0.6) is 0 Å². The van der Waals surface area contributed by atoms with Crippen molar-refractivity contribution < 1.29 is 9.31 Å². The molecular formula is C13H15FN2O2. The number of hydrogen-bond acceptors (Lipinski definition) is 3. The highest BCUT2D eigenvalue weighted by Gasteiger charge is 2.13. The van der Waals surface area contributed by atoms with Crippen molar-refractivity contribution in [2.24, 2.45) is 0 Å². The van der Waals surface area contributed by atoms with Crippen LogP contribution >= 0.6 is 0 Å². The minimum absolute atomic E-state index is 0.0625. The Labute approximate surface area is 105 Å². The molecule has 18 heavy (non-hydrogen) atoms. The quantitative estimate of drug-likeness (QED) is 0.350. The van der Waals surface area contributed by atoms with Gasteiger partial charge in [0.1, 0.15) is 5.82 Å². The van der Waals surface area contributed by atoms with Crippen LogP contribution < -0.4 is 5.32 Å². The Bertz CT molecular complexity index is 455. The molecule has 0 spiro atoms. The van der Waals surface area contributed by atoms with Crippen molar-refractivity contribution in [2.45, 2.75) is 25.8 Å². The van der Waals surface area contributed by atoms with Gasteiger partial charge in [0.15, 0.2) is 0 Å². The van der Waals surface area contributed by atoms with E-state index in [2.05, 4.69) is 11.2 Å². The van der Waals surface area contributed by atoms with E-state index < -0.39 is 10.7 Å². The maximum atomic E-state index is 13.0. The van der Waals surface area contributed by atoms with Crippen LogP contribution in [0.15, 0.2) is 18.2 Å². The minimum Gasteiger partial charge on any atom is -0.312 e. The number of terminal acetylenes is 1. The number of nitrogens with one attached hydrogen (secondary N) is 1. The second kappa shape index (κ2) is 7.41. The molecule has 5 heteroatoms. The summed E-state index contributed by atoms with van der Waals surface area (Å²) in [6.45, 7) is 0.986. The molecule has 0 fully saturated rings. The average molecular weight is 250 g/mol. The highest BCUT2D eigenvalue weighted by atomic mass is 19.1. The van der Waals surface area contributed by atoms with Crippen molar-refractivity contribution in [3.05, 3.63) is 39.7 Å². The molecule has 1 rings (SSSR count). The Hall–Kier alpha value is -1.93. The standard InChI is InChI=1S/C13H15FN2O2/c1-2-3-4-5-8-15-10-11-9-12(14)6-7-13(11)16(17)18/h1,6-7,9,15H,3-5,8,10H2. The van der Waals surface area contributed by atoms with Crippen molar-refractivity contribution in [1.29, 1.82) is 0 Å². The van der Waals surface area contributed by atoms with E-state index in [1.165, 1.54) is 12.1 Å². The van der Waals surface area contributed by atoms with E-state index >= 15 is 0 Å². The van der Waals surface area contributed by atoms with Gasteiger partial charge in [0.25, 0.3) is 5.69 Å². The summed E-state index contributed by atoms with van der Waals surface area (Å²) in [5, 5.41) is 13.8. The first-order chi connectivity index (χ1) is 8.65. The average Bonchev–Trinajstić information content (AvgIpc) is 2.33. The topological polar surface area (TPSA) is 55.2 Å². The molecule has 4 nitrogen and oxygen atoms in total. The predicted molar refractivity (Wildman–Crippen MR) is 67.4 cm³/mol. The van der Waals surface area contributed by atoms with Crippen molar-refractivity contribution in [3.63, 3.8) is 0 Å². The third kappa shape index (κ3) is 4.52. The molecule has 0 unspecified atom stereocenters. The van der Waals surface area contributed by atoms with Gasteiger partial charge in [0.05, 0.1) is 4.92 Å². The lowest BCUT2D eigenvalue weighted by molar-refractivity contribution is -0.385. The number of nitro groups is 1. The highest BCUT2D eigenvalue weighted by Crippen LogP contribution is 2.19. The first kappa shape index (κ1) is 14.1. The third-order valence-electron chi connectivity index (χ3n) is 2.48. The Morgan fingerprint density at radius 2 is 2.22 bits per heavy atom. The molecule has 0 saturated heterocycles. The molecule has 0 amide bonds. The van der Waals surface area contributed by atoms with Gasteiger partial charge in [-0.1, -0.05) is 0 Å². The maximum absolute atomic E-state index is 13.0. The summed E-state index contributed by atoms with van der Waals surface area (Å²) in [4.78, 5) is 10.2. The van der Waals surface area contributed by atoms with Crippen molar-refractivity contribution in [3.8, 4) is 12.3 Å². The van der Waals surface area contributed by atoms with E-state index in [0.29, 0.717) is 12.1 Å². The number of nitro benzene ring substituents is 1. The summed E-state index contributed by atoms with van der Waals surface area (Å²) >= 11 is 0. The molecule has 0 aliphatic heterocycles. The van der Waals surface area contributed by atoms with Crippen LogP contribution in [0, 0.1) is 28.3 Å². The first-order valence-corrected chi connectivity index (χ1v) is 5.72. The van der Waals surface area contributed by atoms with Crippen molar-refractivity contribution >= 4 is 5.69 Å². The fourth-order valence-electron chi connectivity index (χ4n) is 1.57. The lowest BCUT2D eigenvalue weighted by Gasteiger charge is -2.05. The fraction of sp³-hybridized carbons (Fsp3) is 0.385. The zero-order chi connectivity index (χ0) is 13.4. The predicted octanol–water partition coefficient (Wildman–Crippen LogP) is 2.63. The Morgan fingerprint density at radius 1 is 1.44 bits per heavy atom. The molecule has 1 aromatic rings. The zero-order valence-corrected chi connectivity index (χ0v) is 9.99. The lowest BCUT2D eigenvalue weighted by atomic mass is 10.1. The summed E-state index contributed by atoms with van der Waals surface area (Å²) < 4.78 is 13.0. The third-order valence-corrected chi connectivity index (χ3v) is 2.48. The van der Waals surface area contributed by atoms with Crippen LogP contribution in [0.2, 0.25) is 0 Å². The van der Waals surface area contributed by atoms with Crippen molar-refractivity contribution in [2.75, 3.05) is 6.54 Å². The summed E-state index contributed by atoms with van der Waals surface area (Å²) in [6, 6.07) is 3.46. The van der Waals surface area contributed by atoms with Gasteiger partial charge in [-0.15, -0.1) is 12.3 Å². The second-order valence-electron chi connectivity index (χ2n) is 3.87. The molecule has 0 atom stereocenters. The summed E-state index contributed by atoms with van der Waals surface area (Å²) in [5.41, 5.74) is 0.296. The number of unbranched alkanes of at least 4 members (excludes halogenated alkanes) is 2. The maximum Gasteiger partial charge on any atom is 0.274 e. The SMILES string of the molecule is C#CCCCCNCc1cc(F)ccc1[N+](=O)[O-]. The first-order valence-electron chi connectivity index (χ1n) is 5.72. The van der Waals surface area contributed by atoms with Gasteiger partial charge in [-0.2, -0.15) is 0 Å². The normalized spacial score (nSPS) is 10.0. The van der Waals surface area contributed by atoms with E-state index in [1.54, 1.807) is 0 Å². The number of rotatable bonds is 7. The number of benzene rings is 1. The van der Waals surface area contributed by atoms with Crippen LogP contribution in [-0.2, 0) is 6.54 Å². The molecule has 0 aromatic heterocycles. The van der Waals surface area contributed by atoms with E-state index in [9.17, 15) is 14.5 Å². The largest absolute Gasteiger partial charge is 0.312 e. The van der Waals surface area contributed by atoms with Crippen LogP contribution in [0.25, 0.3) is 0 Å². The van der Waals surface area contributed by atoms with Crippen LogP contribution in [0.1, 0.15) is 24.8 Å². The van der Waals surface area contributed by atoms with Crippen LogP contribution in [0.4, 0.5) is 10.1 Å². The monoisotopic (exact) mass is 250 g/mol. The van der Waals surface area contributed by atoms with Gasteiger partial charge >= 0.3 is 0 Å². The Balaban J connectivity index is 2.48. The Morgan fingerprint density at radius 3 is 2.89 bits per heavy atom. The van der Waals surface area contributed by atoms with Gasteiger partial charge in [-0.05, 0) is 31.5 Å². The van der Waals surface area contributed by atoms with Gasteiger partial charge < -0.3 is 5.32 Å². The number of halogens is 1. The van der Waals surface area contributed by atoms with Crippen molar-refractivity contribution in [1.82, 2.24) is 5.32 Å². The van der Waals surface area contributed by atoms with Gasteiger partial charge in [0.2, 0.25) is 0 Å². The molecule has 0 radical (unpaired) electrons. The van der Waals surface area contributed by atoms with E-state index in [0.717, 1.165) is 25.3 Å². The molecule has 0 aliphatic rings. The Kier molecular flexibility index (Phi) is 5.81. The van der Waals surface area contributed by atoms with E-state index in [-0.39, 0.29) is 12.2 Å². The molecule has 0 aliphatic carbocycles. The van der Waals surface area contributed by atoms with E-state index in [4.69, 9.17) is 6.42 Å². The summed E-state index contributed by atoms with van der Waals surface area (Å²) in [5.74, 6) is 2.07. The number of hydrogen-bond donors (Lipinski definition) is 1. The minimum atomic E-state index is -0.505. The van der Waals surface area contributed by atoms with Gasteiger partial charge in [-0.25, -0.2) is 4.39 Å². The van der Waals surface area contributed by atoms with Crippen LogP contribution in [-0.4, -0.2) is 11.5 Å². The highest BCUT2D eigenvalue weighted by molar-refractivity contribution is 5.40. The van der Waals surface area contributed by atoms with E-state index in [1.807, 2.05) is 0 Å². The summed E-state index contributed by atoms with van der Waals surface area (Å²) in [7, 11) is 0. The second-order valence-corrected chi connectivity index (χ2v) is 3.87.